The highest BCUT2D eigenvalue weighted by atomic mass is 16.5. The number of carbonyl (C=O) groups excluding carboxylic acids is 1. The zero-order valence-corrected chi connectivity index (χ0v) is 14.6. The molecule has 26 heavy (non-hydrogen) atoms. The second-order valence-corrected chi connectivity index (χ2v) is 7.06. The number of para-hydroxylation sites is 1. The Hall–Kier alpha value is -2.82. The molecule has 1 heterocycles. The third kappa shape index (κ3) is 2.83. The molecule has 5 nitrogen and oxygen atoms in total. The first kappa shape index (κ1) is 16.6. The number of hydrogen-bond acceptors (Lipinski definition) is 4. The number of benzene rings is 2. The number of ether oxygens (including phenoxy) is 1. The van der Waals surface area contributed by atoms with Crippen LogP contribution in [0.1, 0.15) is 59.6 Å². The molecule has 1 saturated carbocycles. The van der Waals surface area contributed by atoms with E-state index in [0.29, 0.717) is 23.1 Å². The first-order chi connectivity index (χ1) is 12.5. The van der Waals surface area contributed by atoms with Crippen molar-refractivity contribution in [3.8, 4) is 5.75 Å². The topological polar surface area (TPSA) is 75.6 Å². The van der Waals surface area contributed by atoms with Crippen molar-refractivity contribution in [3.63, 3.8) is 0 Å². The molecule has 0 radical (unpaired) electrons. The van der Waals surface area contributed by atoms with Gasteiger partial charge in [0.05, 0.1) is 17.3 Å². The lowest BCUT2D eigenvalue weighted by atomic mass is 9.76. The number of aromatic carboxylic acids is 1. The van der Waals surface area contributed by atoms with E-state index >= 15 is 0 Å². The summed E-state index contributed by atoms with van der Waals surface area (Å²) in [6.45, 7) is 1.38. The molecule has 0 spiro atoms. The SMILES string of the molecule is CC(=O)Oc1ccc(C2Nc3c(C(=O)O)cccc3C3CCCC32)cc1. The summed E-state index contributed by atoms with van der Waals surface area (Å²) in [6.07, 6.45) is 3.35. The van der Waals surface area contributed by atoms with Crippen LogP contribution >= 0.6 is 0 Å². The Morgan fingerprint density at radius 2 is 1.88 bits per heavy atom. The number of carboxylic acid groups (broad SMARTS) is 1. The summed E-state index contributed by atoms with van der Waals surface area (Å²) in [5.74, 6) is 0.0839. The Morgan fingerprint density at radius 1 is 1.12 bits per heavy atom. The van der Waals surface area contributed by atoms with Gasteiger partial charge in [-0.25, -0.2) is 4.79 Å². The van der Waals surface area contributed by atoms with E-state index in [4.69, 9.17) is 4.74 Å². The van der Waals surface area contributed by atoms with Gasteiger partial charge in [-0.2, -0.15) is 0 Å². The van der Waals surface area contributed by atoms with E-state index in [1.807, 2.05) is 18.2 Å². The molecule has 3 atom stereocenters. The minimum Gasteiger partial charge on any atom is -0.478 e. The predicted octanol–water partition coefficient (Wildman–Crippen LogP) is 4.36. The number of nitrogens with one attached hydrogen (secondary N) is 1. The summed E-state index contributed by atoms with van der Waals surface area (Å²) in [5, 5.41) is 13.1. The van der Waals surface area contributed by atoms with Crippen LogP contribution < -0.4 is 10.1 Å². The Balaban J connectivity index is 1.72. The van der Waals surface area contributed by atoms with Crippen LogP contribution in [0.4, 0.5) is 5.69 Å². The normalized spacial score (nSPS) is 23.5. The number of anilines is 1. The van der Waals surface area contributed by atoms with Gasteiger partial charge in [0.25, 0.3) is 0 Å². The van der Waals surface area contributed by atoms with Gasteiger partial charge >= 0.3 is 11.9 Å². The molecule has 1 fully saturated rings. The molecule has 2 aromatic carbocycles. The van der Waals surface area contributed by atoms with Gasteiger partial charge in [-0.15, -0.1) is 0 Å². The van der Waals surface area contributed by atoms with Gasteiger partial charge in [0.2, 0.25) is 0 Å². The summed E-state index contributed by atoms with van der Waals surface area (Å²) in [4.78, 5) is 22.8. The fraction of sp³-hybridized carbons (Fsp3) is 0.333. The standard InChI is InChI=1S/C21H21NO4/c1-12(23)26-14-10-8-13(9-11-14)19-16-5-2-4-15(16)17-6-3-7-18(21(24)25)20(17)22-19/h3,6-11,15-16,19,22H,2,4-5H2,1H3,(H,24,25). The summed E-state index contributed by atoms with van der Waals surface area (Å²) in [7, 11) is 0. The fourth-order valence-electron chi connectivity index (χ4n) is 4.49. The Kier molecular flexibility index (Phi) is 4.15. The Bertz CT molecular complexity index is 859. The predicted molar refractivity (Wildman–Crippen MR) is 97.6 cm³/mol. The molecule has 0 aromatic heterocycles. The molecule has 2 aliphatic rings. The Morgan fingerprint density at radius 3 is 2.58 bits per heavy atom. The van der Waals surface area contributed by atoms with Crippen LogP contribution in [0.2, 0.25) is 0 Å². The number of rotatable bonds is 3. The number of esters is 1. The van der Waals surface area contributed by atoms with Crippen LogP contribution in [0.25, 0.3) is 0 Å². The summed E-state index contributed by atoms with van der Waals surface area (Å²) < 4.78 is 5.11. The second kappa shape index (κ2) is 6.48. The van der Waals surface area contributed by atoms with Crippen LogP contribution in [0.15, 0.2) is 42.5 Å². The van der Waals surface area contributed by atoms with Crippen LogP contribution in [0.3, 0.4) is 0 Å². The van der Waals surface area contributed by atoms with E-state index in [1.165, 1.54) is 6.92 Å². The molecule has 0 saturated heterocycles. The van der Waals surface area contributed by atoms with Gasteiger partial charge in [-0.3, -0.25) is 4.79 Å². The molecule has 0 bridgehead atoms. The molecule has 4 rings (SSSR count). The largest absolute Gasteiger partial charge is 0.478 e. The number of carboxylic acids is 1. The highest BCUT2D eigenvalue weighted by Gasteiger charge is 2.41. The van der Waals surface area contributed by atoms with Crippen molar-refractivity contribution in [1.82, 2.24) is 0 Å². The fourth-order valence-corrected chi connectivity index (χ4v) is 4.49. The summed E-state index contributed by atoms with van der Waals surface area (Å²) >= 11 is 0. The molecular formula is C21H21NO4. The van der Waals surface area contributed by atoms with Crippen LogP contribution in [-0.2, 0) is 4.79 Å². The first-order valence-electron chi connectivity index (χ1n) is 8.95. The van der Waals surface area contributed by atoms with Crippen LogP contribution in [0.5, 0.6) is 5.75 Å². The van der Waals surface area contributed by atoms with E-state index in [0.717, 1.165) is 36.1 Å². The molecule has 2 N–H and O–H groups in total. The van der Waals surface area contributed by atoms with Gasteiger partial charge in [-0.05, 0) is 54.0 Å². The minimum atomic E-state index is -0.908. The van der Waals surface area contributed by atoms with Gasteiger partial charge in [0.1, 0.15) is 5.75 Å². The highest BCUT2D eigenvalue weighted by molar-refractivity contribution is 5.95. The minimum absolute atomic E-state index is 0.0573. The van der Waals surface area contributed by atoms with E-state index in [9.17, 15) is 14.7 Å². The second-order valence-electron chi connectivity index (χ2n) is 7.06. The quantitative estimate of drug-likeness (QED) is 0.635. The molecule has 0 amide bonds. The third-order valence-electron chi connectivity index (χ3n) is 5.52. The third-order valence-corrected chi connectivity index (χ3v) is 5.52. The van der Waals surface area contributed by atoms with E-state index in [2.05, 4.69) is 11.4 Å². The van der Waals surface area contributed by atoms with Gasteiger partial charge in [0.15, 0.2) is 0 Å². The lowest BCUT2D eigenvalue weighted by molar-refractivity contribution is -0.131. The van der Waals surface area contributed by atoms with E-state index < -0.39 is 5.97 Å². The Labute approximate surface area is 152 Å². The van der Waals surface area contributed by atoms with E-state index in [1.54, 1.807) is 18.2 Å². The van der Waals surface area contributed by atoms with Gasteiger partial charge < -0.3 is 15.2 Å². The van der Waals surface area contributed by atoms with Crippen molar-refractivity contribution in [1.29, 1.82) is 0 Å². The van der Waals surface area contributed by atoms with Crippen molar-refractivity contribution in [2.45, 2.75) is 38.1 Å². The van der Waals surface area contributed by atoms with Gasteiger partial charge in [0, 0.05) is 6.92 Å². The van der Waals surface area contributed by atoms with Crippen molar-refractivity contribution in [2.24, 2.45) is 5.92 Å². The van der Waals surface area contributed by atoms with Crippen molar-refractivity contribution >= 4 is 17.6 Å². The first-order valence-corrected chi connectivity index (χ1v) is 8.95. The molecule has 134 valence electrons. The lowest BCUT2D eigenvalue weighted by Crippen LogP contribution is -2.30. The van der Waals surface area contributed by atoms with Crippen LogP contribution in [-0.4, -0.2) is 17.0 Å². The molecule has 1 aliphatic carbocycles. The number of fused-ring (bicyclic) bond motifs is 3. The average molecular weight is 351 g/mol. The van der Waals surface area contributed by atoms with Crippen molar-refractivity contribution in [3.05, 3.63) is 59.2 Å². The van der Waals surface area contributed by atoms with E-state index in [-0.39, 0.29) is 12.0 Å². The molecular weight excluding hydrogens is 330 g/mol. The molecule has 5 heteroatoms. The summed E-state index contributed by atoms with van der Waals surface area (Å²) in [6, 6.07) is 13.1. The lowest BCUT2D eigenvalue weighted by Gasteiger charge is -2.38. The smallest absolute Gasteiger partial charge is 0.337 e. The molecule has 1 aliphatic heterocycles. The molecule has 3 unspecified atom stereocenters. The van der Waals surface area contributed by atoms with Crippen LogP contribution in [0, 0.1) is 5.92 Å². The highest BCUT2D eigenvalue weighted by Crippen LogP contribution is 2.53. The monoisotopic (exact) mass is 351 g/mol. The maximum Gasteiger partial charge on any atom is 0.337 e. The maximum absolute atomic E-state index is 11.7. The summed E-state index contributed by atoms with van der Waals surface area (Å²) in [5.41, 5.74) is 3.29. The zero-order valence-electron chi connectivity index (χ0n) is 14.6. The average Bonchev–Trinajstić information content (AvgIpc) is 3.10. The van der Waals surface area contributed by atoms with Crippen molar-refractivity contribution in [2.75, 3.05) is 5.32 Å². The number of hydrogen-bond donors (Lipinski definition) is 2. The number of carbonyl (C=O) groups is 2. The maximum atomic E-state index is 11.7. The van der Waals surface area contributed by atoms with Gasteiger partial charge in [-0.1, -0.05) is 30.7 Å². The molecule has 2 aromatic rings. The zero-order chi connectivity index (χ0) is 18.3. The van der Waals surface area contributed by atoms with Crippen molar-refractivity contribution < 1.29 is 19.4 Å².